The molecule has 0 unspecified atom stereocenters. The van der Waals surface area contributed by atoms with Crippen LogP contribution in [0.3, 0.4) is 0 Å². The quantitative estimate of drug-likeness (QED) is 0.104. The molecule has 1 aromatic heterocycles. The molecule has 10 aromatic carbocycles. The number of thiophene rings is 1. The Morgan fingerprint density at radius 2 is 0.803 bits per heavy atom. The van der Waals surface area contributed by atoms with Crippen molar-refractivity contribution < 1.29 is 0 Å². The van der Waals surface area contributed by atoms with Crippen molar-refractivity contribution in [2.24, 2.45) is 0 Å². The Bertz CT molecular complexity index is 3190. The Labute approximate surface area is 362 Å². The van der Waals surface area contributed by atoms with Gasteiger partial charge in [-0.25, -0.2) is 0 Å². The molecule has 0 fully saturated rings. The van der Waals surface area contributed by atoms with Crippen LogP contribution in [-0.4, -0.2) is 8.07 Å². The van der Waals surface area contributed by atoms with Crippen LogP contribution in [0, 0.1) is 0 Å². The van der Waals surface area contributed by atoms with Crippen LogP contribution in [0.2, 0.25) is 0 Å². The number of rotatable bonds is 9. The third kappa shape index (κ3) is 6.47. The Hall–Kier alpha value is -7.30. The second-order valence-corrected chi connectivity index (χ2v) is 20.5. The van der Waals surface area contributed by atoms with Crippen LogP contribution in [0.25, 0.3) is 53.2 Å². The molecular weight excluding hydrogens is 771 g/mol. The van der Waals surface area contributed by atoms with Gasteiger partial charge in [-0.05, 0) is 102 Å². The standard InChI is InChI=1S/C58H41NSSi/c1-5-19-42(20-6-1)54-39-44-21-13-14-22-45(44)40-55(54)43-35-37-46(38-36-43)59(56-33-18-32-53-52-31-15-16-34-57(52)60-58(53)56)47-23-17-30-51(41-47)61(48-24-7-2-8-25-48,49-26-9-3-10-27-49)50-28-11-4-12-29-50/h1-41H. The number of benzene rings is 10. The van der Waals surface area contributed by atoms with E-state index in [-0.39, 0.29) is 0 Å². The lowest BCUT2D eigenvalue weighted by Gasteiger charge is -2.35. The highest BCUT2D eigenvalue weighted by Crippen LogP contribution is 2.45. The van der Waals surface area contributed by atoms with Gasteiger partial charge in [-0.1, -0.05) is 200 Å². The lowest BCUT2D eigenvalue weighted by molar-refractivity contribution is 1.30. The highest BCUT2D eigenvalue weighted by Gasteiger charge is 2.41. The first kappa shape index (κ1) is 36.8. The Morgan fingerprint density at radius 3 is 1.41 bits per heavy atom. The average molecular weight is 812 g/mol. The zero-order chi connectivity index (χ0) is 40.6. The first-order valence-corrected chi connectivity index (χ1v) is 23.7. The summed E-state index contributed by atoms with van der Waals surface area (Å²) in [6, 6.07) is 92.0. The van der Waals surface area contributed by atoms with Crippen molar-refractivity contribution in [2.45, 2.75) is 0 Å². The average Bonchev–Trinajstić information content (AvgIpc) is 3.73. The minimum Gasteiger partial charge on any atom is -0.309 e. The highest BCUT2D eigenvalue weighted by molar-refractivity contribution is 7.26. The van der Waals surface area contributed by atoms with Crippen molar-refractivity contribution in [3.63, 3.8) is 0 Å². The van der Waals surface area contributed by atoms with Crippen molar-refractivity contribution in [2.75, 3.05) is 4.90 Å². The van der Waals surface area contributed by atoms with E-state index in [1.54, 1.807) is 0 Å². The summed E-state index contributed by atoms with van der Waals surface area (Å²) < 4.78 is 2.57. The molecule has 0 aliphatic carbocycles. The molecule has 1 nitrogen and oxygen atoms in total. The van der Waals surface area contributed by atoms with E-state index in [4.69, 9.17) is 0 Å². The van der Waals surface area contributed by atoms with Gasteiger partial charge in [-0.3, -0.25) is 0 Å². The summed E-state index contributed by atoms with van der Waals surface area (Å²) in [5.74, 6) is 0. The first-order chi connectivity index (χ1) is 30.3. The smallest absolute Gasteiger partial charge is 0.179 e. The van der Waals surface area contributed by atoms with E-state index in [9.17, 15) is 0 Å². The predicted octanol–water partition coefficient (Wildman–Crippen LogP) is 13.4. The number of hydrogen-bond acceptors (Lipinski definition) is 2. The van der Waals surface area contributed by atoms with Gasteiger partial charge in [0.05, 0.1) is 10.4 Å². The molecule has 0 radical (unpaired) electrons. The molecule has 0 saturated heterocycles. The van der Waals surface area contributed by atoms with Gasteiger partial charge in [0, 0.05) is 26.8 Å². The van der Waals surface area contributed by atoms with Crippen LogP contribution in [0.1, 0.15) is 0 Å². The topological polar surface area (TPSA) is 3.24 Å². The van der Waals surface area contributed by atoms with Gasteiger partial charge >= 0.3 is 0 Å². The molecular formula is C58H41NSSi. The van der Waals surface area contributed by atoms with E-state index in [0.717, 1.165) is 11.4 Å². The van der Waals surface area contributed by atoms with Gasteiger partial charge in [-0.2, -0.15) is 0 Å². The molecule has 0 aliphatic heterocycles. The highest BCUT2D eigenvalue weighted by atomic mass is 32.1. The lowest BCUT2D eigenvalue weighted by atomic mass is 9.91. The lowest BCUT2D eigenvalue weighted by Crippen LogP contribution is -2.74. The third-order valence-corrected chi connectivity index (χ3v) is 18.2. The minimum absolute atomic E-state index is 1.11. The Balaban J connectivity index is 1.14. The first-order valence-electron chi connectivity index (χ1n) is 20.9. The fourth-order valence-corrected chi connectivity index (χ4v) is 15.4. The summed E-state index contributed by atoms with van der Waals surface area (Å²) in [5.41, 5.74) is 8.27. The van der Waals surface area contributed by atoms with Crippen LogP contribution >= 0.6 is 11.3 Å². The molecule has 0 amide bonds. The molecule has 0 saturated carbocycles. The normalized spacial score (nSPS) is 11.6. The van der Waals surface area contributed by atoms with E-state index in [2.05, 4.69) is 254 Å². The predicted molar refractivity (Wildman–Crippen MR) is 266 cm³/mol. The van der Waals surface area contributed by atoms with Crippen molar-refractivity contribution in [1.29, 1.82) is 0 Å². The molecule has 1 heterocycles. The zero-order valence-electron chi connectivity index (χ0n) is 33.5. The number of fused-ring (bicyclic) bond motifs is 4. The summed E-state index contributed by atoms with van der Waals surface area (Å²) in [6.45, 7) is 0. The molecule has 0 bridgehead atoms. The van der Waals surface area contributed by atoms with E-state index in [0.29, 0.717) is 0 Å². The Morgan fingerprint density at radius 1 is 0.328 bits per heavy atom. The maximum atomic E-state index is 2.49. The van der Waals surface area contributed by atoms with Crippen LogP contribution < -0.4 is 25.6 Å². The summed E-state index contributed by atoms with van der Waals surface area (Å²) in [5, 5.41) is 10.5. The number of nitrogens with zero attached hydrogens (tertiary/aromatic N) is 1. The molecule has 0 N–H and O–H groups in total. The molecule has 0 atom stereocenters. The van der Waals surface area contributed by atoms with Gasteiger partial charge < -0.3 is 4.90 Å². The number of anilines is 3. The van der Waals surface area contributed by atoms with Crippen LogP contribution in [-0.2, 0) is 0 Å². The second-order valence-electron chi connectivity index (χ2n) is 15.6. The molecule has 3 heteroatoms. The summed E-state index contributed by atoms with van der Waals surface area (Å²) in [7, 11) is -2.80. The second kappa shape index (κ2) is 15.7. The molecule has 0 spiro atoms. The van der Waals surface area contributed by atoms with Crippen molar-refractivity contribution in [1.82, 2.24) is 0 Å². The Kier molecular flexibility index (Phi) is 9.46. The van der Waals surface area contributed by atoms with Crippen molar-refractivity contribution in [3.05, 3.63) is 249 Å². The molecule has 11 aromatic rings. The SMILES string of the molecule is c1ccc(-c2cc3ccccc3cc2-c2ccc(N(c3cccc([Si](c4ccccc4)(c4ccccc4)c4ccccc4)c3)c3cccc4c3sc3ccccc34)cc2)cc1. The van der Waals surface area contributed by atoms with Gasteiger partial charge in [-0.15, -0.1) is 11.3 Å². The largest absolute Gasteiger partial charge is 0.309 e. The minimum atomic E-state index is -2.80. The van der Waals surface area contributed by atoms with E-state index in [1.165, 1.54) is 79.6 Å². The van der Waals surface area contributed by atoms with Gasteiger partial charge in [0.1, 0.15) is 0 Å². The van der Waals surface area contributed by atoms with Gasteiger partial charge in [0.15, 0.2) is 8.07 Å². The van der Waals surface area contributed by atoms with E-state index < -0.39 is 8.07 Å². The zero-order valence-corrected chi connectivity index (χ0v) is 35.3. The molecule has 61 heavy (non-hydrogen) atoms. The molecule has 0 aliphatic rings. The van der Waals surface area contributed by atoms with Crippen molar-refractivity contribution in [3.8, 4) is 22.3 Å². The monoisotopic (exact) mass is 811 g/mol. The van der Waals surface area contributed by atoms with Gasteiger partial charge in [0.25, 0.3) is 0 Å². The maximum absolute atomic E-state index is 2.80. The molecule has 11 rings (SSSR count). The molecule has 288 valence electrons. The van der Waals surface area contributed by atoms with Crippen LogP contribution in [0.5, 0.6) is 0 Å². The van der Waals surface area contributed by atoms with E-state index >= 15 is 0 Å². The fraction of sp³-hybridized carbons (Fsp3) is 0. The van der Waals surface area contributed by atoms with E-state index in [1.807, 2.05) is 11.3 Å². The number of hydrogen-bond donors (Lipinski definition) is 0. The third-order valence-electron chi connectivity index (χ3n) is 12.2. The summed E-state index contributed by atoms with van der Waals surface area (Å²) in [6.07, 6.45) is 0. The van der Waals surface area contributed by atoms with Crippen molar-refractivity contribution >= 4 is 88.2 Å². The maximum Gasteiger partial charge on any atom is 0.179 e. The van der Waals surface area contributed by atoms with Crippen LogP contribution in [0.4, 0.5) is 17.1 Å². The van der Waals surface area contributed by atoms with Gasteiger partial charge in [0.2, 0.25) is 0 Å². The summed E-state index contributed by atoms with van der Waals surface area (Å²) >= 11 is 1.87. The van der Waals surface area contributed by atoms with Crippen LogP contribution in [0.15, 0.2) is 249 Å². The fourth-order valence-electron chi connectivity index (χ4n) is 9.40. The summed E-state index contributed by atoms with van der Waals surface area (Å²) in [4.78, 5) is 2.49.